The summed E-state index contributed by atoms with van der Waals surface area (Å²) in [6.07, 6.45) is 1.55. The van der Waals surface area contributed by atoms with Crippen LogP contribution in [-0.2, 0) is 11.3 Å². The van der Waals surface area contributed by atoms with E-state index in [4.69, 9.17) is 0 Å². The highest BCUT2D eigenvalue weighted by Crippen LogP contribution is 2.26. The topological polar surface area (TPSA) is 109 Å². The molecule has 8 nitrogen and oxygen atoms in total. The average Bonchev–Trinajstić information content (AvgIpc) is 3.37. The van der Waals surface area contributed by atoms with E-state index in [0.29, 0.717) is 23.8 Å². The molecule has 1 aliphatic rings. The monoisotopic (exact) mass is 393 g/mol. The number of nitrogens with zero attached hydrogens (tertiary/aromatic N) is 5. The first kappa shape index (κ1) is 18.4. The number of nitrogens with one attached hydrogen (secondary N) is 2. The molecule has 28 heavy (non-hydrogen) atoms. The summed E-state index contributed by atoms with van der Waals surface area (Å²) in [5.74, 6) is 1.47. The molecular formula is C19H19N7OS. The molecule has 1 fully saturated rings. The van der Waals surface area contributed by atoms with Gasteiger partial charge in [-0.1, -0.05) is 12.1 Å². The van der Waals surface area contributed by atoms with Crippen LogP contribution in [0.15, 0.2) is 36.5 Å². The van der Waals surface area contributed by atoms with Gasteiger partial charge in [0, 0.05) is 24.4 Å². The zero-order chi connectivity index (χ0) is 19.5. The minimum absolute atomic E-state index is 0.170. The Hall–Kier alpha value is -2.96. The lowest BCUT2D eigenvalue weighted by Crippen LogP contribution is -2.37. The first-order chi connectivity index (χ1) is 13.7. The second-order valence-electron chi connectivity index (χ2n) is 6.33. The molecule has 1 aromatic carbocycles. The van der Waals surface area contributed by atoms with Crippen molar-refractivity contribution in [3.8, 4) is 6.07 Å². The second kappa shape index (κ2) is 7.96. The molecule has 1 saturated heterocycles. The molecule has 0 saturated carbocycles. The molecule has 0 aliphatic carbocycles. The Morgan fingerprint density at radius 2 is 2.29 bits per heavy atom. The van der Waals surface area contributed by atoms with Crippen LogP contribution in [0.2, 0.25) is 0 Å². The maximum Gasteiger partial charge on any atom is 0.244 e. The molecule has 0 radical (unpaired) electrons. The van der Waals surface area contributed by atoms with Gasteiger partial charge in [-0.3, -0.25) is 15.4 Å². The summed E-state index contributed by atoms with van der Waals surface area (Å²) in [6.45, 7) is 2.71. The van der Waals surface area contributed by atoms with E-state index in [0.717, 1.165) is 16.9 Å². The van der Waals surface area contributed by atoms with Crippen molar-refractivity contribution in [2.75, 3.05) is 16.9 Å². The van der Waals surface area contributed by atoms with Crippen LogP contribution in [0.3, 0.4) is 0 Å². The van der Waals surface area contributed by atoms with E-state index in [2.05, 4.69) is 31.7 Å². The van der Waals surface area contributed by atoms with Gasteiger partial charge in [0.05, 0.1) is 28.8 Å². The summed E-state index contributed by atoms with van der Waals surface area (Å²) in [5, 5.41) is 15.7. The number of carbonyl (C=O) groups excluding carboxylic acids is 1. The van der Waals surface area contributed by atoms with Gasteiger partial charge in [-0.2, -0.15) is 5.26 Å². The van der Waals surface area contributed by atoms with Crippen molar-refractivity contribution in [1.82, 2.24) is 24.8 Å². The van der Waals surface area contributed by atoms with Crippen molar-refractivity contribution in [1.29, 1.82) is 5.26 Å². The molecule has 0 bridgehead atoms. The third-order valence-corrected chi connectivity index (χ3v) is 5.57. The molecule has 2 N–H and O–H groups in total. The highest BCUT2D eigenvalue weighted by Gasteiger charge is 2.25. The van der Waals surface area contributed by atoms with Gasteiger partial charge < -0.3 is 4.57 Å². The summed E-state index contributed by atoms with van der Waals surface area (Å²) in [4.78, 5) is 25.5. The Labute approximate surface area is 166 Å². The number of rotatable bonds is 5. The molecule has 1 amide bonds. The third kappa shape index (κ3) is 3.44. The van der Waals surface area contributed by atoms with Crippen LogP contribution in [-0.4, -0.2) is 43.1 Å². The van der Waals surface area contributed by atoms with Crippen LogP contribution in [0.4, 0.5) is 5.95 Å². The highest BCUT2D eigenvalue weighted by molar-refractivity contribution is 7.99. The van der Waals surface area contributed by atoms with Gasteiger partial charge in [0.15, 0.2) is 0 Å². The number of carbonyl (C=O) groups is 1. The van der Waals surface area contributed by atoms with Crippen molar-refractivity contribution in [3.05, 3.63) is 48.0 Å². The van der Waals surface area contributed by atoms with Crippen LogP contribution in [0, 0.1) is 11.3 Å². The third-order valence-electron chi connectivity index (χ3n) is 4.63. The molecule has 4 rings (SSSR count). The Morgan fingerprint density at radius 3 is 3.04 bits per heavy atom. The quantitative estimate of drug-likeness (QED) is 0.683. The number of amides is 1. The molecule has 9 heteroatoms. The standard InChI is InChI=1S/C19H19N7OS/c1-2-26-16-6-4-3-5-14(16)23-17(26)12(9-20)13-7-8-21-19(24-13)25-18(27)15-10-28-11-22-15/h3-8,12,15,22H,2,10-11H2,1H3,(H,21,24,25,27)/t12?,15-/m1/s1. The van der Waals surface area contributed by atoms with Gasteiger partial charge in [-0.25, -0.2) is 15.0 Å². The minimum Gasteiger partial charge on any atom is -0.327 e. The van der Waals surface area contributed by atoms with Gasteiger partial charge in [-0.15, -0.1) is 11.8 Å². The number of benzene rings is 1. The summed E-state index contributed by atoms with van der Waals surface area (Å²) in [5.41, 5.74) is 2.33. The van der Waals surface area contributed by atoms with Crippen LogP contribution >= 0.6 is 11.8 Å². The Kier molecular flexibility index (Phi) is 5.23. The number of nitriles is 1. The summed E-state index contributed by atoms with van der Waals surface area (Å²) < 4.78 is 2.02. The number of hydrogen-bond acceptors (Lipinski definition) is 7. The molecule has 1 unspecified atom stereocenters. The fourth-order valence-corrected chi connectivity index (χ4v) is 4.20. The van der Waals surface area contributed by atoms with Crippen LogP contribution in [0.5, 0.6) is 0 Å². The predicted molar refractivity (Wildman–Crippen MR) is 108 cm³/mol. The number of hydrogen-bond donors (Lipinski definition) is 2. The molecule has 3 aromatic rings. The Balaban J connectivity index is 1.66. The van der Waals surface area contributed by atoms with E-state index in [1.807, 2.05) is 35.8 Å². The Bertz CT molecular complexity index is 1050. The van der Waals surface area contributed by atoms with Crippen molar-refractivity contribution in [2.45, 2.75) is 25.4 Å². The largest absolute Gasteiger partial charge is 0.327 e. The van der Waals surface area contributed by atoms with E-state index in [-0.39, 0.29) is 17.9 Å². The number of aromatic nitrogens is 4. The molecule has 0 spiro atoms. The average molecular weight is 393 g/mol. The lowest BCUT2D eigenvalue weighted by molar-refractivity contribution is -0.117. The number of aryl methyl sites for hydroxylation is 1. The molecule has 1 aliphatic heterocycles. The lowest BCUT2D eigenvalue weighted by atomic mass is 10.1. The van der Waals surface area contributed by atoms with Gasteiger partial charge in [0.25, 0.3) is 0 Å². The van der Waals surface area contributed by atoms with Gasteiger partial charge >= 0.3 is 0 Å². The molecule has 2 aromatic heterocycles. The fraction of sp³-hybridized carbons (Fsp3) is 0.316. The van der Waals surface area contributed by atoms with Crippen LogP contribution < -0.4 is 10.6 Å². The van der Waals surface area contributed by atoms with E-state index in [1.54, 1.807) is 24.0 Å². The smallest absolute Gasteiger partial charge is 0.244 e. The first-order valence-corrected chi connectivity index (χ1v) is 10.2. The molecule has 3 heterocycles. The number of anilines is 1. The van der Waals surface area contributed by atoms with Gasteiger partial charge in [0.2, 0.25) is 11.9 Å². The van der Waals surface area contributed by atoms with E-state index in [1.165, 1.54) is 0 Å². The summed E-state index contributed by atoms with van der Waals surface area (Å²) in [6, 6.07) is 11.5. The van der Waals surface area contributed by atoms with Crippen molar-refractivity contribution >= 4 is 34.7 Å². The van der Waals surface area contributed by atoms with E-state index >= 15 is 0 Å². The van der Waals surface area contributed by atoms with Crippen LogP contribution in [0.1, 0.15) is 24.4 Å². The minimum atomic E-state index is -0.661. The number of para-hydroxylation sites is 2. The predicted octanol–water partition coefficient (Wildman–Crippen LogP) is 2.10. The zero-order valence-corrected chi connectivity index (χ0v) is 16.1. The Morgan fingerprint density at radius 1 is 1.43 bits per heavy atom. The first-order valence-electron chi connectivity index (χ1n) is 9.01. The molecule has 2 atom stereocenters. The van der Waals surface area contributed by atoms with Gasteiger partial charge in [0.1, 0.15) is 11.7 Å². The highest BCUT2D eigenvalue weighted by atomic mass is 32.2. The maximum absolute atomic E-state index is 12.3. The maximum atomic E-state index is 12.3. The second-order valence-corrected chi connectivity index (χ2v) is 7.36. The van der Waals surface area contributed by atoms with Gasteiger partial charge in [-0.05, 0) is 25.1 Å². The molecular weight excluding hydrogens is 374 g/mol. The van der Waals surface area contributed by atoms with Crippen molar-refractivity contribution in [2.24, 2.45) is 0 Å². The normalized spacial score (nSPS) is 17.4. The SMILES string of the molecule is CCn1c(C(C#N)c2ccnc(NC(=O)[C@H]3CSCN3)n2)nc2ccccc21. The van der Waals surface area contributed by atoms with E-state index in [9.17, 15) is 10.1 Å². The van der Waals surface area contributed by atoms with Crippen molar-refractivity contribution < 1.29 is 4.79 Å². The van der Waals surface area contributed by atoms with Crippen molar-refractivity contribution in [3.63, 3.8) is 0 Å². The van der Waals surface area contributed by atoms with Crippen LogP contribution in [0.25, 0.3) is 11.0 Å². The van der Waals surface area contributed by atoms with E-state index < -0.39 is 5.92 Å². The number of imidazole rings is 1. The number of thioether (sulfide) groups is 1. The lowest BCUT2D eigenvalue weighted by Gasteiger charge is -2.13. The molecule has 142 valence electrons. The zero-order valence-electron chi connectivity index (χ0n) is 15.3. The summed E-state index contributed by atoms with van der Waals surface area (Å²) in [7, 11) is 0. The number of fused-ring (bicyclic) bond motifs is 1. The summed E-state index contributed by atoms with van der Waals surface area (Å²) >= 11 is 1.67. The fourth-order valence-electron chi connectivity index (χ4n) is 3.26.